The molecular formula is C39H36NOP. The van der Waals surface area contributed by atoms with Crippen LogP contribution in [0, 0.1) is 13.8 Å². The largest absolute Gasteiger partial charge is 0.475 e. The van der Waals surface area contributed by atoms with Crippen molar-refractivity contribution in [1.29, 1.82) is 0 Å². The van der Waals surface area contributed by atoms with Crippen LogP contribution in [0.5, 0.6) is 0 Å². The fourth-order valence-electron chi connectivity index (χ4n) is 6.12. The summed E-state index contributed by atoms with van der Waals surface area (Å²) in [6, 6.07) is 43.2. The van der Waals surface area contributed by atoms with E-state index in [1.807, 2.05) is 0 Å². The summed E-state index contributed by atoms with van der Waals surface area (Å²) in [4.78, 5) is 5.08. The van der Waals surface area contributed by atoms with E-state index in [1.165, 1.54) is 60.4 Å². The number of hydrogen-bond acceptors (Lipinski definition) is 2. The normalized spacial score (nSPS) is 16.2. The molecule has 4 bridgehead atoms. The number of aryl methyl sites for hydroxylation is 6. The second kappa shape index (κ2) is 11.7. The van der Waals surface area contributed by atoms with E-state index in [1.54, 1.807) is 0 Å². The van der Waals surface area contributed by atoms with Crippen LogP contribution in [-0.2, 0) is 30.4 Å². The Bertz CT molecular complexity index is 1690. The van der Waals surface area contributed by atoms with Crippen LogP contribution in [0.1, 0.15) is 50.5 Å². The molecular weight excluding hydrogens is 529 g/mol. The number of benzene rings is 5. The van der Waals surface area contributed by atoms with Crippen LogP contribution in [0.25, 0.3) is 0 Å². The molecule has 2 nitrogen and oxygen atoms in total. The van der Waals surface area contributed by atoms with Crippen LogP contribution in [0.15, 0.2) is 120 Å². The Morgan fingerprint density at radius 3 is 1.88 bits per heavy atom. The molecule has 3 heteroatoms. The molecule has 1 aliphatic heterocycles. The summed E-state index contributed by atoms with van der Waals surface area (Å²) < 4.78 is 6.27. The number of rotatable bonds is 5. The Kier molecular flexibility index (Phi) is 7.49. The van der Waals surface area contributed by atoms with E-state index < -0.39 is 7.92 Å². The van der Waals surface area contributed by atoms with Gasteiger partial charge in [0.05, 0.1) is 0 Å². The molecule has 0 saturated carbocycles. The van der Waals surface area contributed by atoms with Gasteiger partial charge in [0.15, 0.2) is 0 Å². The maximum absolute atomic E-state index is 6.27. The Labute approximate surface area is 250 Å². The summed E-state index contributed by atoms with van der Waals surface area (Å²) in [5.74, 6) is 0.799. The summed E-state index contributed by atoms with van der Waals surface area (Å²) in [7, 11) is -0.677. The zero-order chi connectivity index (χ0) is 28.5. The van der Waals surface area contributed by atoms with Crippen molar-refractivity contribution in [3.63, 3.8) is 0 Å². The highest BCUT2D eigenvalue weighted by atomic mass is 31.1. The van der Waals surface area contributed by atoms with Crippen molar-refractivity contribution in [2.45, 2.75) is 45.6 Å². The van der Waals surface area contributed by atoms with Gasteiger partial charge in [0.1, 0.15) is 12.6 Å². The molecule has 208 valence electrons. The summed E-state index contributed by atoms with van der Waals surface area (Å²) in [6.07, 6.45) is 3.94. The SMILES string of the molecule is Cc1ccc(P(c2ccc(C)cc2)c2cc3ccc2CCc2ccc(cc2C2=NC(c4ccccc4)CO2)CC3)cc1. The fourth-order valence-corrected chi connectivity index (χ4v) is 8.64. The van der Waals surface area contributed by atoms with Gasteiger partial charge in [-0.15, -0.1) is 0 Å². The standard InChI is InChI=1S/C39H36NOP/c1-27-8-20-34(21-9-27)42(35-22-10-28(2)11-23-35)38-25-30-13-12-29-14-16-31(18-19-33(38)17-15-30)36(24-29)39-40-37(26-41-39)32-6-4-3-5-7-32/h3-11,14-17,20-25,37H,12-13,18-19,26H2,1-2H3. The average molecular weight is 566 g/mol. The Balaban J connectivity index is 1.28. The van der Waals surface area contributed by atoms with Crippen LogP contribution in [0.2, 0.25) is 0 Å². The number of hydrogen-bond donors (Lipinski definition) is 0. The van der Waals surface area contributed by atoms with Gasteiger partial charge in [-0.3, -0.25) is 0 Å². The van der Waals surface area contributed by atoms with Gasteiger partial charge >= 0.3 is 0 Å². The van der Waals surface area contributed by atoms with Gasteiger partial charge in [0.25, 0.3) is 0 Å². The third-order valence-corrected chi connectivity index (χ3v) is 11.1. The second-order valence-corrected chi connectivity index (χ2v) is 13.8. The van der Waals surface area contributed by atoms with Gasteiger partial charge < -0.3 is 4.74 Å². The second-order valence-electron chi connectivity index (χ2n) is 11.6. The van der Waals surface area contributed by atoms with Gasteiger partial charge in [-0.25, -0.2) is 4.99 Å². The Morgan fingerprint density at radius 2 is 1.21 bits per heavy atom. The minimum Gasteiger partial charge on any atom is -0.475 e. The molecule has 10 rings (SSSR count). The highest BCUT2D eigenvalue weighted by Crippen LogP contribution is 2.36. The number of ether oxygens (including phenoxy) is 1. The maximum atomic E-state index is 6.27. The number of nitrogens with zero attached hydrogens (tertiary/aromatic N) is 1. The molecule has 5 aliphatic rings. The molecule has 0 spiro atoms. The van der Waals surface area contributed by atoms with E-state index in [0.717, 1.165) is 31.6 Å². The van der Waals surface area contributed by atoms with E-state index in [-0.39, 0.29) is 6.04 Å². The van der Waals surface area contributed by atoms with Crippen molar-refractivity contribution < 1.29 is 4.74 Å². The smallest absolute Gasteiger partial charge is 0.217 e. The van der Waals surface area contributed by atoms with E-state index >= 15 is 0 Å². The lowest BCUT2D eigenvalue weighted by molar-refractivity contribution is 0.319. The van der Waals surface area contributed by atoms with Crippen LogP contribution in [0.4, 0.5) is 0 Å². The first-order valence-corrected chi connectivity index (χ1v) is 16.4. The first-order valence-electron chi connectivity index (χ1n) is 15.0. The molecule has 0 aromatic heterocycles. The fraction of sp³-hybridized carbons (Fsp3) is 0.205. The minimum atomic E-state index is -0.677. The number of aliphatic imine (C=N–C) groups is 1. The maximum Gasteiger partial charge on any atom is 0.217 e. The van der Waals surface area contributed by atoms with Crippen LogP contribution < -0.4 is 15.9 Å². The molecule has 5 aromatic carbocycles. The minimum absolute atomic E-state index is 0.0579. The third kappa shape index (κ3) is 5.57. The van der Waals surface area contributed by atoms with E-state index in [4.69, 9.17) is 9.73 Å². The molecule has 4 aliphatic carbocycles. The van der Waals surface area contributed by atoms with Crippen molar-refractivity contribution in [3.05, 3.63) is 160 Å². The average Bonchev–Trinajstić information content (AvgIpc) is 3.51. The Morgan fingerprint density at radius 1 is 0.619 bits per heavy atom. The first-order chi connectivity index (χ1) is 20.6. The monoisotopic (exact) mass is 565 g/mol. The lowest BCUT2D eigenvalue weighted by Crippen LogP contribution is -2.24. The van der Waals surface area contributed by atoms with Crippen LogP contribution in [0.3, 0.4) is 0 Å². The van der Waals surface area contributed by atoms with Gasteiger partial charge in [0.2, 0.25) is 5.90 Å². The van der Waals surface area contributed by atoms with Gasteiger partial charge in [-0.1, -0.05) is 120 Å². The highest BCUT2D eigenvalue weighted by molar-refractivity contribution is 7.79. The molecule has 0 radical (unpaired) electrons. The van der Waals surface area contributed by atoms with Crippen molar-refractivity contribution in [2.75, 3.05) is 6.61 Å². The van der Waals surface area contributed by atoms with Gasteiger partial charge in [-0.05, 0) is 97.2 Å². The molecule has 1 unspecified atom stereocenters. The molecule has 0 saturated heterocycles. The van der Waals surface area contributed by atoms with Crippen LogP contribution in [-0.4, -0.2) is 12.5 Å². The highest BCUT2D eigenvalue weighted by Gasteiger charge is 2.25. The Hall–Kier alpha value is -4.00. The lowest BCUT2D eigenvalue weighted by atomic mass is 9.93. The van der Waals surface area contributed by atoms with Crippen LogP contribution >= 0.6 is 7.92 Å². The lowest BCUT2D eigenvalue weighted by Gasteiger charge is -2.24. The van der Waals surface area contributed by atoms with Gasteiger partial charge in [0, 0.05) is 5.56 Å². The first kappa shape index (κ1) is 26.9. The zero-order valence-corrected chi connectivity index (χ0v) is 25.3. The van der Waals surface area contributed by atoms with Crippen molar-refractivity contribution in [3.8, 4) is 0 Å². The molecule has 1 atom stereocenters. The quantitative estimate of drug-likeness (QED) is 0.203. The molecule has 5 aromatic rings. The van der Waals surface area contributed by atoms with E-state index in [0.29, 0.717) is 6.61 Å². The molecule has 0 amide bonds. The summed E-state index contributed by atoms with van der Waals surface area (Å²) in [5.41, 5.74) is 10.5. The van der Waals surface area contributed by atoms with Gasteiger partial charge in [-0.2, -0.15) is 0 Å². The molecule has 42 heavy (non-hydrogen) atoms. The molecule has 1 heterocycles. The topological polar surface area (TPSA) is 21.6 Å². The predicted octanol–water partition coefficient (Wildman–Crippen LogP) is 7.46. The molecule has 0 fully saturated rings. The summed E-state index contributed by atoms with van der Waals surface area (Å²) in [6.45, 7) is 4.95. The summed E-state index contributed by atoms with van der Waals surface area (Å²) in [5, 5.41) is 4.31. The van der Waals surface area contributed by atoms with Crippen molar-refractivity contribution in [2.24, 2.45) is 4.99 Å². The van der Waals surface area contributed by atoms with E-state index in [9.17, 15) is 0 Å². The molecule has 0 N–H and O–H groups in total. The zero-order valence-electron chi connectivity index (χ0n) is 24.4. The predicted molar refractivity (Wildman–Crippen MR) is 178 cm³/mol. The van der Waals surface area contributed by atoms with E-state index in [2.05, 4.69) is 129 Å². The summed E-state index contributed by atoms with van der Waals surface area (Å²) >= 11 is 0. The van der Waals surface area contributed by atoms with Crippen molar-refractivity contribution in [1.82, 2.24) is 0 Å². The van der Waals surface area contributed by atoms with Crippen molar-refractivity contribution >= 4 is 29.7 Å². The third-order valence-electron chi connectivity index (χ3n) is 8.58.